The van der Waals surface area contributed by atoms with E-state index < -0.39 is 0 Å². The highest BCUT2D eigenvalue weighted by molar-refractivity contribution is 5.79. The number of piperidine rings is 1. The molecule has 0 spiro atoms. The predicted octanol–water partition coefficient (Wildman–Crippen LogP) is 3.38. The van der Waals surface area contributed by atoms with Crippen LogP contribution >= 0.6 is 0 Å². The van der Waals surface area contributed by atoms with Crippen molar-refractivity contribution < 1.29 is 4.79 Å². The van der Waals surface area contributed by atoms with Crippen molar-refractivity contribution in [1.29, 1.82) is 5.26 Å². The molecule has 1 N–H and O–H groups in total. The van der Waals surface area contributed by atoms with E-state index in [9.17, 15) is 4.79 Å². The van der Waals surface area contributed by atoms with Crippen molar-refractivity contribution in [2.75, 3.05) is 24.5 Å². The van der Waals surface area contributed by atoms with E-state index in [1.54, 1.807) is 0 Å². The van der Waals surface area contributed by atoms with Crippen molar-refractivity contribution in [2.45, 2.75) is 25.8 Å². The lowest BCUT2D eigenvalue weighted by atomic mass is 9.95. The first kappa shape index (κ1) is 20.7. The zero-order valence-electron chi connectivity index (χ0n) is 17.6. The van der Waals surface area contributed by atoms with Crippen LogP contribution in [0.5, 0.6) is 0 Å². The zero-order valence-corrected chi connectivity index (χ0v) is 17.6. The van der Waals surface area contributed by atoms with Crippen molar-refractivity contribution in [2.24, 2.45) is 5.92 Å². The quantitative estimate of drug-likeness (QED) is 0.644. The smallest absolute Gasteiger partial charge is 0.223 e. The van der Waals surface area contributed by atoms with Crippen LogP contribution in [0, 0.1) is 17.2 Å². The van der Waals surface area contributed by atoms with Gasteiger partial charge in [0.25, 0.3) is 0 Å². The Kier molecular flexibility index (Phi) is 6.63. The van der Waals surface area contributed by atoms with Crippen molar-refractivity contribution in [3.63, 3.8) is 0 Å². The Bertz CT molecular complexity index is 1030. The first-order chi connectivity index (χ1) is 15.2. The summed E-state index contributed by atoms with van der Waals surface area (Å²) in [5.74, 6) is 0.245. The van der Waals surface area contributed by atoms with Gasteiger partial charge in [0, 0.05) is 56.1 Å². The number of benzene rings is 2. The number of para-hydroxylation sites is 1. The van der Waals surface area contributed by atoms with Crippen LogP contribution in [0.1, 0.15) is 29.7 Å². The summed E-state index contributed by atoms with van der Waals surface area (Å²) < 4.78 is 2.09. The van der Waals surface area contributed by atoms with Gasteiger partial charge in [0.2, 0.25) is 5.91 Å². The summed E-state index contributed by atoms with van der Waals surface area (Å²) >= 11 is 0. The number of hydrogen-bond donors (Lipinski definition) is 1. The van der Waals surface area contributed by atoms with Gasteiger partial charge in [-0.1, -0.05) is 30.3 Å². The Morgan fingerprint density at radius 3 is 2.55 bits per heavy atom. The maximum absolute atomic E-state index is 12.6. The second-order valence-corrected chi connectivity index (χ2v) is 7.96. The summed E-state index contributed by atoms with van der Waals surface area (Å²) in [5.41, 5.74) is 4.10. The third-order valence-electron chi connectivity index (χ3n) is 5.90. The van der Waals surface area contributed by atoms with E-state index in [1.807, 2.05) is 42.9 Å². The number of carbonyl (C=O) groups is 1. The molecular weight excluding hydrogens is 386 g/mol. The molecule has 6 heteroatoms. The first-order valence-corrected chi connectivity index (χ1v) is 10.8. The number of nitriles is 1. The lowest BCUT2D eigenvalue weighted by molar-refractivity contribution is -0.125. The molecule has 0 atom stereocenters. The van der Waals surface area contributed by atoms with E-state index in [2.05, 4.69) is 50.1 Å². The Labute approximate surface area is 183 Å². The highest BCUT2D eigenvalue weighted by Gasteiger charge is 2.24. The average molecular weight is 414 g/mol. The molecule has 1 aliphatic rings. The van der Waals surface area contributed by atoms with E-state index in [-0.39, 0.29) is 11.8 Å². The highest BCUT2D eigenvalue weighted by Crippen LogP contribution is 2.23. The topological polar surface area (TPSA) is 74.0 Å². The van der Waals surface area contributed by atoms with Crippen molar-refractivity contribution in [1.82, 2.24) is 14.9 Å². The number of nitrogens with zero attached hydrogens (tertiary/aromatic N) is 4. The Hall–Kier alpha value is -3.59. The van der Waals surface area contributed by atoms with Crippen LogP contribution in [0.4, 0.5) is 5.69 Å². The maximum atomic E-state index is 12.6. The number of aromatic nitrogens is 2. The number of anilines is 1. The fourth-order valence-electron chi connectivity index (χ4n) is 4.08. The molecule has 1 saturated heterocycles. The number of carbonyl (C=O) groups excluding carboxylic acids is 1. The van der Waals surface area contributed by atoms with Crippen LogP contribution in [-0.2, 0) is 17.8 Å². The van der Waals surface area contributed by atoms with E-state index >= 15 is 0 Å². The summed E-state index contributed by atoms with van der Waals surface area (Å²) in [5, 5.41) is 12.0. The molecule has 1 aliphatic heterocycles. The van der Waals surface area contributed by atoms with E-state index in [4.69, 9.17) is 5.26 Å². The summed E-state index contributed by atoms with van der Waals surface area (Å²) in [6, 6.07) is 20.1. The maximum Gasteiger partial charge on any atom is 0.223 e. The largest absolute Gasteiger partial charge is 0.371 e. The average Bonchev–Trinajstić information content (AvgIpc) is 3.27. The molecule has 0 bridgehead atoms. The van der Waals surface area contributed by atoms with Crippen LogP contribution in [0.25, 0.3) is 0 Å². The molecule has 0 aliphatic carbocycles. The molecule has 1 aromatic heterocycles. The van der Waals surface area contributed by atoms with Crippen molar-refractivity contribution in [3.05, 3.63) is 83.9 Å². The van der Waals surface area contributed by atoms with Gasteiger partial charge in [-0.3, -0.25) is 4.79 Å². The fraction of sp³-hybridized carbons (Fsp3) is 0.320. The number of nitrogens with one attached hydrogen (secondary N) is 1. The standard InChI is InChI=1S/C25H27N5O/c26-16-20-6-8-21(9-7-20)18-30-19-27-17-24(30)10-13-28-25(31)22-11-14-29(15-12-22)23-4-2-1-3-5-23/h1-9,17,19,22H,10-15,18H2,(H,28,31). The van der Waals surface area contributed by atoms with Gasteiger partial charge >= 0.3 is 0 Å². The SMILES string of the molecule is N#Cc1ccc(Cn2cncc2CCNC(=O)C2CCN(c3ccccc3)CC2)cc1. The molecule has 0 unspecified atom stereocenters. The minimum absolute atomic E-state index is 0.0866. The van der Waals surface area contributed by atoms with Crippen LogP contribution in [0.3, 0.4) is 0 Å². The molecule has 3 aromatic rings. The van der Waals surface area contributed by atoms with Crippen LogP contribution in [-0.4, -0.2) is 35.1 Å². The molecule has 31 heavy (non-hydrogen) atoms. The van der Waals surface area contributed by atoms with Gasteiger partial charge in [-0.25, -0.2) is 4.98 Å². The predicted molar refractivity (Wildman–Crippen MR) is 121 cm³/mol. The molecule has 2 aromatic carbocycles. The van der Waals surface area contributed by atoms with Crippen LogP contribution in [0.15, 0.2) is 67.1 Å². The number of hydrogen-bond acceptors (Lipinski definition) is 4. The van der Waals surface area contributed by atoms with Crippen LogP contribution < -0.4 is 10.2 Å². The second-order valence-electron chi connectivity index (χ2n) is 7.96. The van der Waals surface area contributed by atoms with E-state index in [1.165, 1.54) is 5.69 Å². The third kappa shape index (κ3) is 5.32. The minimum atomic E-state index is 0.0866. The second kappa shape index (κ2) is 9.94. The molecule has 2 heterocycles. The van der Waals surface area contributed by atoms with Crippen molar-refractivity contribution in [3.8, 4) is 6.07 Å². The fourth-order valence-corrected chi connectivity index (χ4v) is 4.08. The number of amides is 1. The summed E-state index contributed by atoms with van der Waals surface area (Å²) in [4.78, 5) is 19.2. The van der Waals surface area contributed by atoms with Crippen LogP contribution in [0.2, 0.25) is 0 Å². The van der Waals surface area contributed by atoms with E-state index in [0.29, 0.717) is 18.7 Å². The first-order valence-electron chi connectivity index (χ1n) is 10.8. The normalized spacial score (nSPS) is 14.2. The Balaban J connectivity index is 1.23. The molecule has 6 nitrogen and oxygen atoms in total. The molecular formula is C25H27N5O. The third-order valence-corrected chi connectivity index (χ3v) is 5.90. The van der Waals surface area contributed by atoms with Gasteiger partial charge < -0.3 is 14.8 Å². The Morgan fingerprint density at radius 1 is 1.10 bits per heavy atom. The highest BCUT2D eigenvalue weighted by atomic mass is 16.1. The molecule has 0 radical (unpaired) electrons. The van der Waals surface area contributed by atoms with Gasteiger partial charge in [0.1, 0.15) is 0 Å². The van der Waals surface area contributed by atoms with Gasteiger partial charge in [-0.15, -0.1) is 0 Å². The Morgan fingerprint density at radius 2 is 1.84 bits per heavy atom. The minimum Gasteiger partial charge on any atom is -0.371 e. The molecule has 158 valence electrons. The molecule has 0 saturated carbocycles. The van der Waals surface area contributed by atoms with Gasteiger partial charge in [-0.2, -0.15) is 5.26 Å². The zero-order chi connectivity index (χ0) is 21.5. The number of imidazole rings is 1. The summed E-state index contributed by atoms with van der Waals surface area (Å²) in [6.07, 6.45) is 6.18. The van der Waals surface area contributed by atoms with E-state index in [0.717, 1.165) is 43.6 Å². The monoisotopic (exact) mass is 413 g/mol. The molecule has 1 fully saturated rings. The van der Waals surface area contributed by atoms with Gasteiger partial charge in [-0.05, 0) is 42.7 Å². The lowest BCUT2D eigenvalue weighted by Crippen LogP contribution is -2.41. The molecule has 4 rings (SSSR count). The number of rotatable bonds is 7. The summed E-state index contributed by atoms with van der Waals surface area (Å²) in [7, 11) is 0. The van der Waals surface area contributed by atoms with Gasteiger partial charge in [0.15, 0.2) is 0 Å². The van der Waals surface area contributed by atoms with Crippen molar-refractivity contribution >= 4 is 11.6 Å². The molecule has 1 amide bonds. The van der Waals surface area contributed by atoms with Gasteiger partial charge in [0.05, 0.1) is 18.0 Å². The summed E-state index contributed by atoms with van der Waals surface area (Å²) in [6.45, 7) is 3.14. The lowest BCUT2D eigenvalue weighted by Gasteiger charge is -2.33.